The minimum Gasteiger partial charge on any atom is -0.404 e. The molecule has 0 radical (unpaired) electrons. The zero-order chi connectivity index (χ0) is 24.3. The van der Waals surface area contributed by atoms with Crippen LogP contribution in [0.3, 0.4) is 0 Å². The van der Waals surface area contributed by atoms with Crippen molar-refractivity contribution in [2.45, 2.75) is 37.1 Å². The van der Waals surface area contributed by atoms with Crippen LogP contribution in [-0.2, 0) is 25.0 Å². The van der Waals surface area contributed by atoms with E-state index in [1.54, 1.807) is 18.2 Å². The number of aliphatic hydroxyl groups excluding tert-OH is 2. The average Bonchev–Trinajstić information content (AvgIpc) is 3.32. The molecule has 0 saturated carbocycles. The second-order valence-corrected chi connectivity index (χ2v) is 9.26. The number of nitrogens with one attached hydrogen (secondary N) is 1. The number of phosphoric ester groups is 1. The van der Waals surface area contributed by atoms with Crippen LogP contribution in [0.1, 0.15) is 11.8 Å². The van der Waals surface area contributed by atoms with Crippen molar-refractivity contribution in [3.05, 3.63) is 46.5 Å². The van der Waals surface area contributed by atoms with E-state index >= 15 is 0 Å². The Balaban J connectivity index is 1.43. The molecular weight excluding hydrogens is 483 g/mol. The number of fused-ring (bicyclic) bond motifs is 2. The fourth-order valence-electron chi connectivity index (χ4n) is 3.77. The van der Waals surface area contributed by atoms with Gasteiger partial charge in [-0.15, -0.1) is 0 Å². The third kappa shape index (κ3) is 3.57. The molecule has 13 nitrogen and oxygen atoms in total. The Bertz CT molecular complexity index is 1350. The van der Waals surface area contributed by atoms with Crippen molar-refractivity contribution in [3.8, 4) is 5.75 Å². The molecule has 5 N–H and O–H groups in total. The lowest BCUT2D eigenvalue weighted by Gasteiger charge is -2.32. The molecule has 0 aliphatic carbocycles. The van der Waals surface area contributed by atoms with Gasteiger partial charge in [-0.05, 0) is 6.07 Å². The standard InChI is InChI=1S/C18H18F2N5O8P/c19-16(20)18(6-31-34(29)30-5-8-3-1-2-4-9(8)33-34)12(27)11(26)15(32-18)25-7-22-10-13(25)23-17(21)24-14(10)28/h1-4,7,11-12,15-16,26-27H,5-6H2,(H3,21,23,24,28)/t11-,12+,15-,18-,34?/m1/s1. The van der Waals surface area contributed by atoms with Crippen molar-refractivity contribution in [1.29, 1.82) is 0 Å². The number of halogens is 2. The Morgan fingerprint density at radius 3 is 2.91 bits per heavy atom. The lowest BCUT2D eigenvalue weighted by atomic mass is 9.96. The first kappa shape index (κ1) is 22.8. The first-order chi connectivity index (χ1) is 16.1. The Hall–Kier alpha value is -2.94. The number of alkyl halides is 2. The van der Waals surface area contributed by atoms with Crippen LogP contribution >= 0.6 is 7.82 Å². The number of nitrogens with zero attached hydrogens (tertiary/aromatic N) is 3. The molecule has 1 fully saturated rings. The third-order valence-electron chi connectivity index (χ3n) is 5.56. The lowest BCUT2D eigenvalue weighted by Crippen LogP contribution is -2.52. The monoisotopic (exact) mass is 501 g/mol. The normalized spacial score (nSPS) is 31.0. The van der Waals surface area contributed by atoms with Crippen molar-refractivity contribution in [1.82, 2.24) is 19.5 Å². The predicted molar refractivity (Wildman–Crippen MR) is 109 cm³/mol. The van der Waals surface area contributed by atoms with Gasteiger partial charge in [0, 0.05) is 5.56 Å². The summed E-state index contributed by atoms with van der Waals surface area (Å²) in [4.78, 5) is 22.0. The van der Waals surface area contributed by atoms with Crippen LogP contribution in [-0.4, -0.2) is 60.6 Å². The molecule has 16 heteroatoms. The molecule has 2 aromatic heterocycles. The van der Waals surface area contributed by atoms with E-state index in [0.29, 0.717) is 5.56 Å². The summed E-state index contributed by atoms with van der Waals surface area (Å²) in [5.41, 5.74) is 2.19. The van der Waals surface area contributed by atoms with Crippen molar-refractivity contribution < 1.29 is 41.9 Å². The van der Waals surface area contributed by atoms with Crippen molar-refractivity contribution in [2.24, 2.45) is 0 Å². The first-order valence-electron chi connectivity index (χ1n) is 9.84. The molecule has 0 bridgehead atoms. The van der Waals surface area contributed by atoms with E-state index in [2.05, 4.69) is 15.0 Å². The molecule has 1 aromatic carbocycles. The fourth-order valence-corrected chi connectivity index (χ4v) is 5.03. The van der Waals surface area contributed by atoms with Crippen LogP contribution < -0.4 is 15.8 Å². The van der Waals surface area contributed by atoms with Gasteiger partial charge in [-0.25, -0.2) is 18.3 Å². The van der Waals surface area contributed by atoms with Crippen molar-refractivity contribution in [2.75, 3.05) is 12.3 Å². The van der Waals surface area contributed by atoms with Crippen LogP contribution in [0, 0.1) is 0 Å². The second kappa shape index (κ2) is 8.08. The molecule has 34 heavy (non-hydrogen) atoms. The molecule has 0 spiro atoms. The van der Waals surface area contributed by atoms with Crippen LogP contribution in [0.15, 0.2) is 35.4 Å². The number of benzene rings is 1. The summed E-state index contributed by atoms with van der Waals surface area (Å²) in [6.45, 7) is -1.33. The molecule has 2 aliphatic rings. The lowest BCUT2D eigenvalue weighted by molar-refractivity contribution is -0.193. The van der Waals surface area contributed by atoms with Crippen LogP contribution in [0.5, 0.6) is 5.75 Å². The number of hydrogen-bond acceptors (Lipinski definition) is 11. The number of rotatable bonds is 5. The largest absolute Gasteiger partial charge is 0.530 e. The van der Waals surface area contributed by atoms with E-state index in [1.807, 2.05) is 0 Å². The second-order valence-electron chi connectivity index (χ2n) is 7.67. The van der Waals surface area contributed by atoms with Gasteiger partial charge in [0.05, 0.1) is 19.5 Å². The summed E-state index contributed by atoms with van der Waals surface area (Å²) in [7, 11) is -4.36. The van der Waals surface area contributed by atoms with Gasteiger partial charge in [0.1, 0.15) is 18.0 Å². The summed E-state index contributed by atoms with van der Waals surface area (Å²) in [5.74, 6) is -0.103. The quantitative estimate of drug-likeness (QED) is 0.361. The number of ether oxygens (including phenoxy) is 1. The van der Waals surface area contributed by atoms with E-state index in [0.717, 1.165) is 10.9 Å². The van der Waals surface area contributed by atoms with Gasteiger partial charge < -0.3 is 25.2 Å². The van der Waals surface area contributed by atoms with E-state index in [9.17, 15) is 28.4 Å². The van der Waals surface area contributed by atoms with Gasteiger partial charge in [0.15, 0.2) is 23.0 Å². The summed E-state index contributed by atoms with van der Waals surface area (Å²) >= 11 is 0. The highest BCUT2D eigenvalue weighted by Crippen LogP contribution is 2.56. The highest BCUT2D eigenvalue weighted by molar-refractivity contribution is 7.49. The average molecular weight is 501 g/mol. The zero-order valence-corrected chi connectivity index (χ0v) is 18.0. The molecule has 4 heterocycles. The smallest absolute Gasteiger partial charge is 0.404 e. The number of aliphatic hydroxyl groups is 2. The molecule has 0 amide bonds. The maximum absolute atomic E-state index is 14.2. The number of aromatic amines is 1. The van der Waals surface area contributed by atoms with E-state index < -0.39 is 50.5 Å². The van der Waals surface area contributed by atoms with Crippen molar-refractivity contribution in [3.63, 3.8) is 0 Å². The predicted octanol–water partition coefficient (Wildman–Crippen LogP) is 0.690. The Morgan fingerprint density at radius 2 is 2.15 bits per heavy atom. The summed E-state index contributed by atoms with van der Waals surface area (Å²) in [5, 5.41) is 21.1. The number of nitrogen functional groups attached to an aromatic ring is 1. The Kier molecular flexibility index (Phi) is 5.42. The fraction of sp³-hybridized carbons (Fsp3) is 0.389. The maximum Gasteiger partial charge on any atom is 0.530 e. The van der Waals surface area contributed by atoms with E-state index in [1.165, 1.54) is 6.07 Å². The number of nitrogens with two attached hydrogens (primary N) is 1. The number of anilines is 1. The van der Waals surface area contributed by atoms with E-state index in [-0.39, 0.29) is 29.5 Å². The van der Waals surface area contributed by atoms with Crippen LogP contribution in [0.4, 0.5) is 14.7 Å². The Labute approximate surface area is 188 Å². The molecular formula is C18H18F2N5O8P. The number of para-hydroxylation sites is 1. The van der Waals surface area contributed by atoms with Crippen molar-refractivity contribution >= 4 is 24.9 Å². The van der Waals surface area contributed by atoms with Gasteiger partial charge >= 0.3 is 7.82 Å². The van der Waals surface area contributed by atoms with Gasteiger partial charge in [-0.3, -0.25) is 23.4 Å². The zero-order valence-electron chi connectivity index (χ0n) is 17.1. The van der Waals surface area contributed by atoms with Crippen LogP contribution in [0.25, 0.3) is 11.2 Å². The molecule has 5 rings (SSSR count). The third-order valence-corrected chi connectivity index (χ3v) is 6.87. The highest BCUT2D eigenvalue weighted by Gasteiger charge is 2.62. The van der Waals surface area contributed by atoms with Gasteiger partial charge in [0.2, 0.25) is 5.95 Å². The van der Waals surface area contributed by atoms with Gasteiger partial charge in [0.25, 0.3) is 12.0 Å². The van der Waals surface area contributed by atoms with Crippen LogP contribution in [0.2, 0.25) is 0 Å². The Morgan fingerprint density at radius 1 is 1.38 bits per heavy atom. The molecule has 1 saturated heterocycles. The topological polar surface area (TPSA) is 184 Å². The van der Waals surface area contributed by atoms with Gasteiger partial charge in [-0.2, -0.15) is 4.98 Å². The number of hydrogen-bond donors (Lipinski definition) is 4. The molecule has 1 unspecified atom stereocenters. The molecule has 3 aromatic rings. The minimum atomic E-state index is -4.36. The molecule has 5 atom stereocenters. The summed E-state index contributed by atoms with van der Waals surface area (Å²) in [6, 6.07) is 6.48. The summed E-state index contributed by atoms with van der Waals surface area (Å²) in [6.07, 6.45) is -8.21. The first-order valence-corrected chi connectivity index (χ1v) is 11.3. The maximum atomic E-state index is 14.2. The molecule has 2 aliphatic heterocycles. The SMILES string of the molecule is Nc1nc2c(ncn2[C@@H]2O[C@@](COP3(=O)OCc4ccccc4O3)(C(F)F)[C@@H](O)[C@H]2O)c(=O)[nH]1. The van der Waals surface area contributed by atoms with Gasteiger partial charge in [-0.1, -0.05) is 18.2 Å². The highest BCUT2D eigenvalue weighted by atomic mass is 31.2. The molecule has 182 valence electrons. The van der Waals surface area contributed by atoms with E-state index in [4.69, 9.17) is 24.0 Å². The summed E-state index contributed by atoms with van der Waals surface area (Å²) < 4.78 is 63.2. The number of H-pyrrole nitrogens is 1. The number of phosphoric acid groups is 1. The minimum absolute atomic E-state index is 0.160. The number of aromatic nitrogens is 4. The number of imidazole rings is 1.